The Bertz CT molecular complexity index is 701. The Kier molecular flexibility index (Phi) is 4.88. The molecule has 2 N–H and O–H groups in total. The van der Waals surface area contributed by atoms with Crippen LogP contribution < -0.4 is 10.6 Å². The lowest BCUT2D eigenvalue weighted by Gasteiger charge is -2.15. The summed E-state index contributed by atoms with van der Waals surface area (Å²) in [5.41, 5.74) is 1.51. The maximum atomic E-state index is 13.5. The molecule has 0 aliphatic carbocycles. The van der Waals surface area contributed by atoms with Crippen LogP contribution in [0, 0.1) is 12.7 Å². The van der Waals surface area contributed by atoms with Gasteiger partial charge in [0.1, 0.15) is 11.9 Å². The second-order valence-electron chi connectivity index (χ2n) is 4.98. The Morgan fingerprint density at radius 1 is 1.05 bits per heavy atom. The number of aryl methyl sites for hydroxylation is 1. The summed E-state index contributed by atoms with van der Waals surface area (Å²) in [6, 6.07) is 12.2. The molecule has 0 spiro atoms. The normalized spacial score (nSPS) is 11.6. The number of anilines is 1. The zero-order valence-corrected chi connectivity index (χ0v) is 12.4. The summed E-state index contributed by atoms with van der Waals surface area (Å²) in [7, 11) is 0. The van der Waals surface area contributed by atoms with Gasteiger partial charge < -0.3 is 10.6 Å². The van der Waals surface area contributed by atoms with Crippen molar-refractivity contribution in [2.45, 2.75) is 19.9 Å². The van der Waals surface area contributed by atoms with E-state index in [0.29, 0.717) is 5.69 Å². The van der Waals surface area contributed by atoms with E-state index in [0.717, 1.165) is 5.56 Å². The maximum absolute atomic E-state index is 13.5. The second-order valence-corrected chi connectivity index (χ2v) is 4.98. The molecule has 0 aliphatic rings. The molecule has 2 aromatic rings. The van der Waals surface area contributed by atoms with Gasteiger partial charge in [-0.3, -0.25) is 9.59 Å². The number of halogens is 1. The van der Waals surface area contributed by atoms with Gasteiger partial charge >= 0.3 is 0 Å². The first kappa shape index (κ1) is 15.7. The molecule has 4 nitrogen and oxygen atoms in total. The van der Waals surface area contributed by atoms with Crippen molar-refractivity contribution in [3.05, 3.63) is 65.5 Å². The van der Waals surface area contributed by atoms with Gasteiger partial charge in [0.15, 0.2) is 0 Å². The lowest BCUT2D eigenvalue weighted by molar-refractivity contribution is -0.117. The van der Waals surface area contributed by atoms with Crippen LogP contribution in [0.15, 0.2) is 48.5 Å². The van der Waals surface area contributed by atoms with Crippen molar-refractivity contribution in [3.63, 3.8) is 0 Å². The fraction of sp³-hybridized carbons (Fsp3) is 0.176. The molecule has 0 aromatic heterocycles. The first-order valence-electron chi connectivity index (χ1n) is 6.91. The van der Waals surface area contributed by atoms with Crippen molar-refractivity contribution >= 4 is 17.5 Å². The van der Waals surface area contributed by atoms with Gasteiger partial charge in [-0.1, -0.05) is 30.3 Å². The van der Waals surface area contributed by atoms with Gasteiger partial charge in [0.25, 0.3) is 5.91 Å². The lowest BCUT2D eigenvalue weighted by Crippen LogP contribution is -2.41. The van der Waals surface area contributed by atoms with Crippen LogP contribution in [0.4, 0.5) is 10.1 Å². The average Bonchev–Trinajstić information content (AvgIpc) is 2.49. The first-order valence-corrected chi connectivity index (χ1v) is 6.91. The number of carbonyl (C=O) groups is 2. The molecule has 0 bridgehead atoms. The largest absolute Gasteiger partial charge is 0.340 e. The van der Waals surface area contributed by atoms with E-state index in [-0.39, 0.29) is 11.5 Å². The van der Waals surface area contributed by atoms with Crippen LogP contribution in [0.2, 0.25) is 0 Å². The summed E-state index contributed by atoms with van der Waals surface area (Å²) in [5.74, 6) is -1.60. The molecule has 0 radical (unpaired) electrons. The van der Waals surface area contributed by atoms with Crippen molar-refractivity contribution in [1.82, 2.24) is 5.32 Å². The fourth-order valence-electron chi connectivity index (χ4n) is 1.94. The van der Waals surface area contributed by atoms with E-state index in [2.05, 4.69) is 10.6 Å². The molecule has 0 unspecified atom stereocenters. The minimum absolute atomic E-state index is 0.0851. The number of rotatable bonds is 4. The van der Waals surface area contributed by atoms with Crippen LogP contribution >= 0.6 is 0 Å². The molecule has 2 amide bonds. The zero-order valence-electron chi connectivity index (χ0n) is 12.4. The van der Waals surface area contributed by atoms with Crippen molar-refractivity contribution in [2.75, 3.05) is 5.32 Å². The molecule has 5 heteroatoms. The molecule has 114 valence electrons. The lowest BCUT2D eigenvalue weighted by atomic mass is 10.1. The minimum Gasteiger partial charge on any atom is -0.340 e. The van der Waals surface area contributed by atoms with Gasteiger partial charge in [-0.05, 0) is 37.6 Å². The molecule has 0 fully saturated rings. The predicted octanol–water partition coefficient (Wildman–Crippen LogP) is 2.89. The summed E-state index contributed by atoms with van der Waals surface area (Å²) in [6.07, 6.45) is 0. The Balaban J connectivity index is 2.01. The number of hydrogen-bond acceptors (Lipinski definition) is 2. The molecule has 0 saturated carbocycles. The highest BCUT2D eigenvalue weighted by Gasteiger charge is 2.18. The Morgan fingerprint density at radius 3 is 2.36 bits per heavy atom. The highest BCUT2D eigenvalue weighted by atomic mass is 19.1. The zero-order chi connectivity index (χ0) is 16.1. The SMILES string of the molecule is Cc1ccccc1NC(=O)[C@@H](C)NC(=O)c1ccccc1F. The predicted molar refractivity (Wildman–Crippen MR) is 83.1 cm³/mol. The topological polar surface area (TPSA) is 58.2 Å². The third-order valence-corrected chi connectivity index (χ3v) is 3.26. The molecule has 0 heterocycles. The number of hydrogen-bond donors (Lipinski definition) is 2. The summed E-state index contributed by atoms with van der Waals surface area (Å²) < 4.78 is 13.5. The standard InChI is InChI=1S/C17H17FN2O2/c1-11-7-3-6-10-15(11)20-16(21)12(2)19-17(22)13-8-4-5-9-14(13)18/h3-10,12H,1-2H3,(H,19,22)(H,20,21)/t12-/m1/s1. The third-order valence-electron chi connectivity index (χ3n) is 3.26. The Hall–Kier alpha value is -2.69. The fourth-order valence-corrected chi connectivity index (χ4v) is 1.94. The highest BCUT2D eigenvalue weighted by Crippen LogP contribution is 2.13. The molecule has 2 aromatic carbocycles. The smallest absolute Gasteiger partial charge is 0.254 e. The van der Waals surface area contributed by atoms with E-state index in [1.165, 1.54) is 18.2 Å². The van der Waals surface area contributed by atoms with Crippen LogP contribution in [0.25, 0.3) is 0 Å². The number of para-hydroxylation sites is 1. The molecule has 22 heavy (non-hydrogen) atoms. The number of carbonyl (C=O) groups excluding carboxylic acids is 2. The Morgan fingerprint density at radius 2 is 1.68 bits per heavy atom. The first-order chi connectivity index (χ1) is 10.5. The summed E-state index contributed by atoms with van der Waals surface area (Å²) in [6.45, 7) is 3.42. The molecule has 0 aliphatic heterocycles. The number of benzene rings is 2. The molecule has 2 rings (SSSR count). The van der Waals surface area contributed by atoms with Gasteiger partial charge in [-0.15, -0.1) is 0 Å². The van der Waals surface area contributed by atoms with Crippen molar-refractivity contribution in [3.8, 4) is 0 Å². The van der Waals surface area contributed by atoms with E-state index in [1.807, 2.05) is 25.1 Å². The summed E-state index contributed by atoms with van der Waals surface area (Å²) >= 11 is 0. The van der Waals surface area contributed by atoms with Crippen molar-refractivity contribution < 1.29 is 14.0 Å². The van der Waals surface area contributed by atoms with Crippen LogP contribution in [0.5, 0.6) is 0 Å². The van der Waals surface area contributed by atoms with E-state index >= 15 is 0 Å². The third kappa shape index (κ3) is 3.69. The summed E-state index contributed by atoms with van der Waals surface area (Å²) in [4.78, 5) is 24.1. The minimum atomic E-state index is -0.785. The highest BCUT2D eigenvalue weighted by molar-refractivity contribution is 6.01. The van der Waals surface area contributed by atoms with Crippen LogP contribution in [0.1, 0.15) is 22.8 Å². The Labute approximate surface area is 128 Å². The average molecular weight is 300 g/mol. The second kappa shape index (κ2) is 6.85. The van der Waals surface area contributed by atoms with E-state index < -0.39 is 17.8 Å². The van der Waals surface area contributed by atoms with Gasteiger partial charge in [0.05, 0.1) is 5.56 Å². The van der Waals surface area contributed by atoms with Gasteiger partial charge in [-0.25, -0.2) is 4.39 Å². The molecular weight excluding hydrogens is 283 g/mol. The number of nitrogens with one attached hydrogen (secondary N) is 2. The van der Waals surface area contributed by atoms with Crippen LogP contribution in [-0.4, -0.2) is 17.9 Å². The van der Waals surface area contributed by atoms with Crippen molar-refractivity contribution in [2.24, 2.45) is 0 Å². The van der Waals surface area contributed by atoms with Gasteiger partial charge in [0, 0.05) is 5.69 Å². The molecule has 1 atom stereocenters. The molecular formula is C17H17FN2O2. The maximum Gasteiger partial charge on any atom is 0.254 e. The van der Waals surface area contributed by atoms with Crippen LogP contribution in [-0.2, 0) is 4.79 Å². The van der Waals surface area contributed by atoms with Crippen LogP contribution in [0.3, 0.4) is 0 Å². The van der Waals surface area contributed by atoms with Crippen molar-refractivity contribution in [1.29, 1.82) is 0 Å². The summed E-state index contributed by atoms with van der Waals surface area (Å²) in [5, 5.41) is 5.22. The quantitative estimate of drug-likeness (QED) is 0.912. The molecule has 0 saturated heterocycles. The monoisotopic (exact) mass is 300 g/mol. The van der Waals surface area contributed by atoms with E-state index in [9.17, 15) is 14.0 Å². The van der Waals surface area contributed by atoms with Gasteiger partial charge in [-0.2, -0.15) is 0 Å². The van der Waals surface area contributed by atoms with Gasteiger partial charge in [0.2, 0.25) is 5.91 Å². The number of amides is 2. The van der Waals surface area contributed by atoms with E-state index in [1.54, 1.807) is 19.1 Å². The van der Waals surface area contributed by atoms with E-state index in [4.69, 9.17) is 0 Å².